The van der Waals surface area contributed by atoms with Gasteiger partial charge >= 0.3 is 0 Å². The number of para-hydroxylation sites is 1. The van der Waals surface area contributed by atoms with Crippen molar-refractivity contribution in [3.63, 3.8) is 0 Å². The zero-order valence-corrected chi connectivity index (χ0v) is 47.1. The number of amides is 7. The lowest BCUT2D eigenvalue weighted by Gasteiger charge is -2.29. The molecular formula is C54H70N14O10S3. The third-order valence-electron chi connectivity index (χ3n) is 13.1. The van der Waals surface area contributed by atoms with Crippen LogP contribution in [0.25, 0.3) is 22.1 Å². The molecule has 81 heavy (non-hydrogen) atoms. The van der Waals surface area contributed by atoms with Crippen molar-refractivity contribution in [3.05, 3.63) is 125 Å². The van der Waals surface area contributed by atoms with Crippen molar-refractivity contribution in [2.75, 3.05) is 24.7 Å². The normalized spacial score (nSPS) is 21.3. The van der Waals surface area contributed by atoms with Crippen LogP contribution < -0.4 is 48.7 Å². The van der Waals surface area contributed by atoms with Gasteiger partial charge in [-0.05, 0) is 68.8 Å². The fourth-order valence-corrected chi connectivity index (χ4v) is 11.0. The average Bonchev–Trinajstić information content (AvgIpc) is 4.27. The molecule has 27 heteroatoms. The summed E-state index contributed by atoms with van der Waals surface area (Å²) in [6, 6.07) is 14.6. The summed E-state index contributed by atoms with van der Waals surface area (Å²) in [5.41, 5.74) is 16.5. The highest BCUT2D eigenvalue weighted by Gasteiger charge is 2.36. The summed E-state index contributed by atoms with van der Waals surface area (Å²) in [4.78, 5) is 116. The van der Waals surface area contributed by atoms with Gasteiger partial charge in [0.15, 0.2) is 10.3 Å². The minimum Gasteiger partial charge on any atom is -0.394 e. The Kier molecular flexibility index (Phi) is 24.6. The number of nitrogens with two attached hydrogens (primary N) is 2. The van der Waals surface area contributed by atoms with Crippen molar-refractivity contribution in [1.82, 2.24) is 62.1 Å². The Morgan fingerprint density at radius 3 is 2.01 bits per heavy atom. The number of nitrogens with one attached hydrogen (secondary N) is 10. The molecule has 0 bridgehead atoms. The summed E-state index contributed by atoms with van der Waals surface area (Å²) in [5, 5.41) is 50.5. The van der Waals surface area contributed by atoms with Crippen molar-refractivity contribution in [2.45, 2.75) is 113 Å². The monoisotopic (exact) mass is 1170 g/mol. The van der Waals surface area contributed by atoms with Crippen molar-refractivity contribution in [2.24, 2.45) is 11.5 Å². The average molecular weight is 1170 g/mol. The van der Waals surface area contributed by atoms with E-state index in [0.717, 1.165) is 49.2 Å². The number of hydrogen-bond donors (Lipinski definition) is 15. The first kappa shape index (κ1) is 62.9. The third kappa shape index (κ3) is 18.9. The van der Waals surface area contributed by atoms with E-state index in [2.05, 4.69) is 62.1 Å². The van der Waals surface area contributed by atoms with Crippen LogP contribution in [0.3, 0.4) is 0 Å². The summed E-state index contributed by atoms with van der Waals surface area (Å²) >= 11 is 4.91. The maximum absolute atomic E-state index is 14.7. The van der Waals surface area contributed by atoms with Crippen molar-refractivity contribution in [1.29, 1.82) is 0 Å². The van der Waals surface area contributed by atoms with E-state index < -0.39 is 108 Å². The second-order valence-electron chi connectivity index (χ2n) is 19.3. The second-order valence-corrected chi connectivity index (χ2v) is 22.2. The van der Waals surface area contributed by atoms with Gasteiger partial charge in [-0.1, -0.05) is 113 Å². The molecule has 6 aromatic rings. The van der Waals surface area contributed by atoms with Crippen LogP contribution in [0.1, 0.15) is 49.8 Å². The Morgan fingerprint density at radius 1 is 0.728 bits per heavy atom. The fraction of sp³-hybridized carbons (Fsp3) is 0.407. The van der Waals surface area contributed by atoms with Crippen molar-refractivity contribution < 1.29 is 48.9 Å². The molecule has 3 aromatic heterocycles. The molecule has 434 valence electrons. The number of aromatic nitrogens is 5. The molecule has 1 unspecified atom stereocenters. The number of hydrogen-bond acceptors (Lipinski definition) is 17. The fourth-order valence-electron chi connectivity index (χ4n) is 8.51. The highest BCUT2D eigenvalue weighted by molar-refractivity contribution is 8.76. The molecule has 3 aromatic carbocycles. The van der Waals surface area contributed by atoms with E-state index in [9.17, 15) is 48.9 Å². The first-order valence-electron chi connectivity index (χ1n) is 26.2. The van der Waals surface area contributed by atoms with E-state index in [-0.39, 0.29) is 43.7 Å². The number of imidazole rings is 1. The van der Waals surface area contributed by atoms with Gasteiger partial charge in [-0.3, -0.25) is 33.6 Å². The highest BCUT2D eigenvalue weighted by atomic mass is 33.1. The zero-order chi connectivity index (χ0) is 58.4. The van der Waals surface area contributed by atoms with Crippen molar-refractivity contribution in [3.8, 4) is 0 Å². The van der Waals surface area contributed by atoms with E-state index in [1.165, 1.54) is 20.2 Å². The molecule has 1 aliphatic heterocycles. The maximum atomic E-state index is 14.7. The molecule has 1 fully saturated rings. The number of carbonyl (C=O) groups excluding carboxylic acids is 7. The molecule has 10 atom stereocenters. The number of carbonyl (C=O) groups is 7. The summed E-state index contributed by atoms with van der Waals surface area (Å²) in [5.74, 6) is -6.01. The topological polar surface area (TPSA) is 390 Å². The number of unbranched alkanes of at least 4 members (excludes halogenated alkanes) is 1. The SMILES string of the molecule is CC(O)[C@@H]1NC(=O)[C@H](CCCCN)NC(=O)[C@@H](Cc2c[nH]c3ccccc23)NC(=O)[C@H](Cc2ccccc2)NC(=O)[C@@H](NC(=O)[C@H](N)Cc2ccccc2)CSSC[C@@H](C(=O)N[C@H](CO)[C@@H](C)O)NC1=O.S=c1nc[nH]c2nc[nH]c12. The lowest BCUT2D eigenvalue weighted by atomic mass is 10.0. The van der Waals surface area contributed by atoms with Gasteiger partial charge in [-0.15, -0.1) is 0 Å². The number of rotatable bonds is 17. The van der Waals surface area contributed by atoms with Gasteiger partial charge in [0, 0.05) is 41.4 Å². The molecule has 0 spiro atoms. The largest absolute Gasteiger partial charge is 0.394 e. The van der Waals surface area contributed by atoms with E-state index >= 15 is 0 Å². The van der Waals surface area contributed by atoms with Crippen LogP contribution in [0.2, 0.25) is 0 Å². The van der Waals surface area contributed by atoms with Gasteiger partial charge in [0.25, 0.3) is 0 Å². The van der Waals surface area contributed by atoms with Crippen LogP contribution in [-0.4, -0.2) is 167 Å². The molecule has 1 saturated heterocycles. The first-order chi connectivity index (χ1) is 39.0. The van der Waals surface area contributed by atoms with E-state index in [4.69, 9.17) is 23.7 Å². The number of benzene rings is 3. The molecule has 0 saturated carbocycles. The zero-order valence-electron chi connectivity index (χ0n) is 44.6. The smallest absolute Gasteiger partial charge is 0.245 e. The minimum absolute atomic E-state index is 0.0340. The van der Waals surface area contributed by atoms with Crippen LogP contribution in [0, 0.1) is 4.64 Å². The van der Waals surface area contributed by atoms with Crippen molar-refractivity contribution >= 4 is 97.2 Å². The molecule has 0 aliphatic carbocycles. The Bertz CT molecular complexity index is 3090. The highest BCUT2D eigenvalue weighted by Crippen LogP contribution is 2.24. The number of aromatic amines is 3. The summed E-state index contributed by atoms with van der Waals surface area (Å²) in [7, 11) is 2.06. The van der Waals surface area contributed by atoms with Gasteiger partial charge in [0.05, 0.1) is 43.6 Å². The van der Waals surface area contributed by atoms with Gasteiger partial charge in [-0.2, -0.15) is 0 Å². The summed E-state index contributed by atoms with van der Waals surface area (Å²) < 4.78 is 0.547. The standard InChI is InChI=1S/C49H66N10O10S2.C5H4N4S/c1-28(61)39(25-60)56-48(68)41-27-71-70-26-40(57-43(63)34(51)21-30-13-5-3-6-14-30)47(67)54-37(22-31-15-7-4-8-16-31)45(65)55-38(23-32-24-52-35-18-10-9-17-33(32)35)46(66)53-36(19-11-12-20-50)44(64)59-42(29(2)62)49(69)58-41;10-5-3-4(7-1-6-3)8-2-9-5/h3-10,13-18,24,28-29,34,36-42,52,60-62H,11-12,19-23,25-27,50-51H2,1-2H3,(H,53,66)(H,54,67)(H,55,65)(H,56,68)(H,57,63)(H,58,69)(H,59,64);1-2H,(H2,6,7,8,9,10)/t28-,29?,34-,36+,37+,38-,39-,40+,41+,42+;/m1./s1. The predicted octanol–water partition coefficient (Wildman–Crippen LogP) is 0.210. The number of nitrogens with zero attached hydrogens (tertiary/aromatic N) is 2. The third-order valence-corrected chi connectivity index (χ3v) is 15.8. The number of aliphatic hydroxyl groups is 3. The van der Waals surface area contributed by atoms with Crippen LogP contribution in [-0.2, 0) is 52.8 Å². The Hall–Kier alpha value is -7.24. The minimum atomic E-state index is -1.66. The summed E-state index contributed by atoms with van der Waals surface area (Å²) in [6.07, 6.45) is 2.96. The Balaban J connectivity index is 0.000000940. The molecule has 1 aliphatic rings. The number of aliphatic hydroxyl groups excluding tert-OH is 3. The van der Waals surface area contributed by atoms with E-state index in [1.807, 2.05) is 30.3 Å². The lowest BCUT2D eigenvalue weighted by molar-refractivity contribution is -0.136. The molecule has 24 nitrogen and oxygen atoms in total. The molecule has 7 rings (SSSR count). The molecule has 0 radical (unpaired) electrons. The van der Waals surface area contributed by atoms with Gasteiger partial charge in [-0.25, -0.2) is 9.97 Å². The second kappa shape index (κ2) is 31.7. The van der Waals surface area contributed by atoms with Crippen LogP contribution in [0.5, 0.6) is 0 Å². The van der Waals surface area contributed by atoms with Crippen LogP contribution in [0.15, 0.2) is 104 Å². The lowest BCUT2D eigenvalue weighted by Crippen LogP contribution is -2.62. The van der Waals surface area contributed by atoms with Gasteiger partial charge in [0.1, 0.15) is 41.8 Å². The number of H-pyrrole nitrogens is 3. The van der Waals surface area contributed by atoms with E-state index in [1.54, 1.807) is 67.1 Å². The molecular weight excluding hydrogens is 1100 g/mol. The maximum Gasteiger partial charge on any atom is 0.245 e. The van der Waals surface area contributed by atoms with Gasteiger partial charge < -0.3 is 79.0 Å². The van der Waals surface area contributed by atoms with Crippen LogP contribution >= 0.6 is 33.8 Å². The number of fused-ring (bicyclic) bond motifs is 2. The van der Waals surface area contributed by atoms with Gasteiger partial charge in [0.2, 0.25) is 41.4 Å². The Morgan fingerprint density at radius 2 is 1.35 bits per heavy atom. The first-order valence-corrected chi connectivity index (χ1v) is 29.1. The molecule has 4 heterocycles. The summed E-state index contributed by atoms with van der Waals surface area (Å²) in [6.45, 7) is 2.23. The molecule has 7 amide bonds. The predicted molar refractivity (Wildman–Crippen MR) is 311 cm³/mol. The van der Waals surface area contributed by atoms with E-state index in [0.29, 0.717) is 28.6 Å². The molecule has 17 N–H and O–H groups in total. The van der Waals surface area contributed by atoms with Crippen LogP contribution in [0.4, 0.5) is 0 Å². The quantitative estimate of drug-likeness (QED) is 0.0330. The Labute approximate surface area is 480 Å².